The van der Waals surface area contributed by atoms with Gasteiger partial charge in [0.1, 0.15) is 5.60 Å². The van der Waals surface area contributed by atoms with E-state index < -0.39 is 52.1 Å². The molecule has 2 aliphatic rings. The normalized spacial score (nSPS) is 27.1. The number of alkyl carbamates (subject to hydrolysis) is 1. The van der Waals surface area contributed by atoms with Crippen LogP contribution >= 0.6 is 0 Å². The summed E-state index contributed by atoms with van der Waals surface area (Å²) in [6, 6.07) is -0.772. The van der Waals surface area contributed by atoms with Crippen molar-refractivity contribution in [1.29, 1.82) is 0 Å². The number of ether oxygens (including phenoxy) is 3. The molecule has 0 bridgehead atoms. The van der Waals surface area contributed by atoms with Crippen molar-refractivity contribution in [3.8, 4) is 0 Å². The molecule has 2 saturated carbocycles. The SMILES string of the molecule is COC(=O)[C@@H]1[C@@H](NC(=O)OC(C)(C)C)[C@H]1[C@@H](OC=O)C1([N+](=O)[O-])CCCCC1. The molecule has 0 saturated heterocycles. The number of rotatable bonds is 7. The third kappa shape index (κ3) is 4.53. The van der Waals surface area contributed by atoms with Crippen molar-refractivity contribution in [2.45, 2.75) is 76.2 Å². The Balaban J connectivity index is 2.29. The highest BCUT2D eigenvalue weighted by Gasteiger charge is 2.69. The van der Waals surface area contributed by atoms with Gasteiger partial charge in [-0.25, -0.2) is 4.79 Å². The summed E-state index contributed by atoms with van der Waals surface area (Å²) in [4.78, 5) is 47.1. The van der Waals surface area contributed by atoms with Crippen LogP contribution in [0.25, 0.3) is 0 Å². The molecular formula is C18H28N2O8. The largest absolute Gasteiger partial charge is 0.469 e. The van der Waals surface area contributed by atoms with Gasteiger partial charge in [-0.15, -0.1) is 0 Å². The lowest BCUT2D eigenvalue weighted by Gasteiger charge is -2.35. The fourth-order valence-corrected chi connectivity index (χ4v) is 4.15. The van der Waals surface area contributed by atoms with Gasteiger partial charge in [0.25, 0.3) is 12.0 Å². The number of esters is 1. The molecular weight excluding hydrogens is 372 g/mol. The van der Waals surface area contributed by atoms with Crippen molar-refractivity contribution in [1.82, 2.24) is 5.32 Å². The van der Waals surface area contributed by atoms with E-state index in [0.717, 1.165) is 6.42 Å². The molecule has 10 heteroatoms. The third-order valence-corrected chi connectivity index (χ3v) is 5.40. The average Bonchev–Trinajstić information content (AvgIpc) is 3.30. The quantitative estimate of drug-likeness (QED) is 0.225. The Morgan fingerprint density at radius 2 is 1.86 bits per heavy atom. The summed E-state index contributed by atoms with van der Waals surface area (Å²) in [5.74, 6) is -2.23. The summed E-state index contributed by atoms with van der Waals surface area (Å²) >= 11 is 0. The van der Waals surface area contributed by atoms with Crippen molar-refractivity contribution >= 4 is 18.5 Å². The molecule has 10 nitrogen and oxygen atoms in total. The zero-order valence-electron chi connectivity index (χ0n) is 16.6. The van der Waals surface area contributed by atoms with Crippen molar-refractivity contribution < 1.29 is 33.5 Å². The number of hydrogen-bond donors (Lipinski definition) is 1. The molecule has 0 unspecified atom stereocenters. The maximum Gasteiger partial charge on any atom is 0.407 e. The molecule has 0 aliphatic heterocycles. The van der Waals surface area contributed by atoms with Gasteiger partial charge in [-0.2, -0.15) is 0 Å². The lowest BCUT2D eigenvalue weighted by atomic mass is 9.76. The Morgan fingerprint density at radius 1 is 1.25 bits per heavy atom. The molecule has 0 radical (unpaired) electrons. The summed E-state index contributed by atoms with van der Waals surface area (Å²) in [5.41, 5.74) is -2.24. The molecule has 2 aliphatic carbocycles. The van der Waals surface area contributed by atoms with Gasteiger partial charge in [0.15, 0.2) is 6.10 Å². The van der Waals surface area contributed by atoms with Gasteiger partial charge in [-0.05, 0) is 33.6 Å². The Hall–Kier alpha value is -2.39. The van der Waals surface area contributed by atoms with E-state index in [2.05, 4.69) is 5.32 Å². The Labute approximate surface area is 163 Å². The first kappa shape index (κ1) is 21.9. The number of nitrogens with one attached hydrogen (secondary N) is 1. The Morgan fingerprint density at radius 3 is 2.32 bits per heavy atom. The highest BCUT2D eigenvalue weighted by molar-refractivity contribution is 5.80. The van der Waals surface area contributed by atoms with Crippen molar-refractivity contribution in [3.63, 3.8) is 0 Å². The van der Waals surface area contributed by atoms with Gasteiger partial charge in [-0.1, -0.05) is 6.42 Å². The number of methoxy groups -OCH3 is 1. The molecule has 0 heterocycles. The van der Waals surface area contributed by atoms with E-state index in [1.807, 2.05) is 0 Å². The van der Waals surface area contributed by atoms with Crippen LogP contribution in [0.1, 0.15) is 52.9 Å². The number of carbonyl (C=O) groups is 3. The minimum absolute atomic E-state index is 0.168. The summed E-state index contributed by atoms with van der Waals surface area (Å²) in [5, 5.41) is 14.5. The molecule has 1 N–H and O–H groups in total. The zero-order valence-corrected chi connectivity index (χ0v) is 16.6. The Kier molecular flexibility index (Phi) is 6.51. The highest BCUT2D eigenvalue weighted by atomic mass is 16.6. The van der Waals surface area contributed by atoms with Crippen LogP contribution in [0.2, 0.25) is 0 Å². The number of nitrogens with zero attached hydrogens (tertiary/aromatic N) is 1. The smallest absolute Gasteiger partial charge is 0.407 e. The van der Waals surface area contributed by atoms with Gasteiger partial charge in [0.2, 0.25) is 0 Å². The van der Waals surface area contributed by atoms with Crippen LogP contribution in [0.15, 0.2) is 0 Å². The Bertz CT molecular complexity index is 624. The predicted molar refractivity (Wildman–Crippen MR) is 95.9 cm³/mol. The van der Waals surface area contributed by atoms with E-state index in [-0.39, 0.29) is 19.3 Å². The fourth-order valence-electron chi connectivity index (χ4n) is 4.15. The van der Waals surface area contributed by atoms with Crippen LogP contribution in [-0.4, -0.2) is 53.9 Å². The molecule has 28 heavy (non-hydrogen) atoms. The lowest BCUT2D eigenvalue weighted by molar-refractivity contribution is -0.588. The van der Waals surface area contributed by atoms with Crippen LogP contribution in [0, 0.1) is 22.0 Å². The monoisotopic (exact) mass is 400 g/mol. The van der Waals surface area contributed by atoms with E-state index in [0.29, 0.717) is 12.8 Å². The second-order valence-corrected chi connectivity index (χ2v) is 8.37. The van der Waals surface area contributed by atoms with Crippen LogP contribution in [-0.2, 0) is 23.8 Å². The summed E-state index contributed by atoms with van der Waals surface area (Å²) in [6.45, 7) is 5.24. The minimum atomic E-state index is -1.49. The maximum absolute atomic E-state index is 12.2. The van der Waals surface area contributed by atoms with Gasteiger partial charge < -0.3 is 19.5 Å². The standard InChI is InChI=1S/C18H28N2O8/c1-17(2,3)28-16(23)19-13-11(12(13)15(22)26-4)14(27-10-21)18(20(24)25)8-6-5-7-9-18/h10-14H,5-9H2,1-4H3,(H,19,23)/t11-,12-,13-,14+/m0/s1. The van der Waals surface area contributed by atoms with Crippen molar-refractivity contribution in [2.24, 2.45) is 11.8 Å². The molecule has 158 valence electrons. The second-order valence-electron chi connectivity index (χ2n) is 8.37. The van der Waals surface area contributed by atoms with Crippen LogP contribution in [0.3, 0.4) is 0 Å². The van der Waals surface area contributed by atoms with E-state index in [4.69, 9.17) is 14.2 Å². The van der Waals surface area contributed by atoms with E-state index in [1.54, 1.807) is 20.8 Å². The van der Waals surface area contributed by atoms with Gasteiger partial charge in [0, 0.05) is 23.7 Å². The second kappa shape index (κ2) is 8.32. The van der Waals surface area contributed by atoms with E-state index in [1.165, 1.54) is 7.11 Å². The number of hydrogen-bond acceptors (Lipinski definition) is 8. The van der Waals surface area contributed by atoms with Crippen LogP contribution in [0.5, 0.6) is 0 Å². The zero-order chi connectivity index (χ0) is 21.1. The molecule has 0 spiro atoms. The van der Waals surface area contributed by atoms with Gasteiger partial charge >= 0.3 is 12.1 Å². The van der Waals surface area contributed by atoms with Crippen molar-refractivity contribution in [2.75, 3.05) is 7.11 Å². The number of amides is 1. The summed E-state index contributed by atoms with van der Waals surface area (Å²) in [7, 11) is 1.20. The lowest BCUT2D eigenvalue weighted by Crippen LogP contribution is -2.54. The maximum atomic E-state index is 12.2. The van der Waals surface area contributed by atoms with Gasteiger partial charge in [0.05, 0.1) is 19.1 Å². The molecule has 0 aromatic carbocycles. The van der Waals surface area contributed by atoms with Crippen molar-refractivity contribution in [3.05, 3.63) is 10.1 Å². The van der Waals surface area contributed by atoms with Gasteiger partial charge in [-0.3, -0.25) is 19.7 Å². The van der Waals surface area contributed by atoms with E-state index in [9.17, 15) is 24.5 Å². The average molecular weight is 400 g/mol. The van der Waals surface area contributed by atoms with Crippen LogP contribution in [0.4, 0.5) is 4.79 Å². The molecule has 2 fully saturated rings. The molecule has 4 atom stereocenters. The first-order valence-electron chi connectivity index (χ1n) is 9.38. The third-order valence-electron chi connectivity index (χ3n) is 5.40. The molecule has 2 rings (SSSR count). The number of carbonyl (C=O) groups excluding carboxylic acids is 3. The van der Waals surface area contributed by atoms with Crippen LogP contribution < -0.4 is 5.32 Å². The molecule has 1 amide bonds. The van der Waals surface area contributed by atoms with E-state index >= 15 is 0 Å². The predicted octanol–water partition coefficient (Wildman–Crippen LogP) is 1.82. The summed E-state index contributed by atoms with van der Waals surface area (Å²) in [6.07, 6.45) is 0.679. The number of nitro groups is 1. The first-order chi connectivity index (χ1) is 13.1. The summed E-state index contributed by atoms with van der Waals surface area (Å²) < 4.78 is 15.2. The first-order valence-corrected chi connectivity index (χ1v) is 9.38. The fraction of sp³-hybridized carbons (Fsp3) is 0.833. The molecule has 0 aromatic rings. The highest BCUT2D eigenvalue weighted by Crippen LogP contribution is 2.50. The minimum Gasteiger partial charge on any atom is -0.469 e. The topological polar surface area (TPSA) is 134 Å². The molecule has 0 aromatic heterocycles.